The molecule has 0 saturated carbocycles. The molecule has 0 spiro atoms. The molecule has 2 fully saturated rings. The van der Waals surface area contributed by atoms with Gasteiger partial charge < -0.3 is 10.1 Å². The van der Waals surface area contributed by atoms with E-state index in [9.17, 15) is 13.2 Å². The maximum absolute atomic E-state index is 12.1. The Morgan fingerprint density at radius 2 is 1.90 bits per heavy atom. The normalized spacial score (nSPS) is 23.8. The lowest BCUT2D eigenvalue weighted by molar-refractivity contribution is -0.274. The molecule has 0 aromatic heterocycles. The lowest BCUT2D eigenvalue weighted by atomic mass is 10.2. The van der Waals surface area contributed by atoms with Gasteiger partial charge in [0.25, 0.3) is 0 Å². The fourth-order valence-corrected chi connectivity index (χ4v) is 2.64. The minimum Gasteiger partial charge on any atom is -0.406 e. The Hall–Kier alpha value is -1.51. The van der Waals surface area contributed by atoms with E-state index in [1.165, 1.54) is 12.1 Å². The van der Waals surface area contributed by atoms with Gasteiger partial charge in [-0.3, -0.25) is 9.91 Å². The number of rotatable bonds is 2. The number of piperazine rings is 1. The standard InChI is InChI=1S/C13H17F3N4O/c14-13(15,16)21-12-3-1-10(2-4-12)20-9-19-6-5-17-7-11(19)8-18-20/h1-4,11,17-18H,5-9H2/t11-/m0/s1. The number of benzene rings is 1. The highest BCUT2D eigenvalue weighted by atomic mass is 19.4. The van der Waals surface area contributed by atoms with E-state index in [4.69, 9.17) is 0 Å². The topological polar surface area (TPSA) is 39.8 Å². The lowest BCUT2D eigenvalue weighted by Gasteiger charge is -2.45. The molecule has 0 aliphatic carbocycles. The number of alkyl halides is 3. The molecule has 0 amide bonds. The molecule has 3 rings (SSSR count). The van der Waals surface area contributed by atoms with Gasteiger partial charge in [-0.25, -0.2) is 5.43 Å². The second kappa shape index (κ2) is 5.70. The zero-order valence-corrected chi connectivity index (χ0v) is 11.4. The van der Waals surface area contributed by atoms with Crippen molar-refractivity contribution in [2.75, 3.05) is 37.9 Å². The lowest BCUT2D eigenvalue weighted by Crippen LogP contribution is -2.65. The van der Waals surface area contributed by atoms with Crippen molar-refractivity contribution in [3.63, 3.8) is 0 Å². The van der Waals surface area contributed by atoms with Crippen molar-refractivity contribution in [3.8, 4) is 5.75 Å². The smallest absolute Gasteiger partial charge is 0.406 e. The van der Waals surface area contributed by atoms with E-state index in [2.05, 4.69) is 20.4 Å². The molecule has 2 aliphatic heterocycles. The molecule has 116 valence electrons. The van der Waals surface area contributed by atoms with Crippen LogP contribution in [0.3, 0.4) is 0 Å². The van der Waals surface area contributed by atoms with Gasteiger partial charge in [0.15, 0.2) is 0 Å². The van der Waals surface area contributed by atoms with E-state index in [0.29, 0.717) is 12.7 Å². The number of fused-ring (bicyclic) bond motifs is 1. The molecule has 21 heavy (non-hydrogen) atoms. The summed E-state index contributed by atoms with van der Waals surface area (Å²) in [5.74, 6) is -0.205. The Balaban J connectivity index is 1.64. The first-order chi connectivity index (χ1) is 10.0. The van der Waals surface area contributed by atoms with E-state index in [1.54, 1.807) is 12.1 Å². The van der Waals surface area contributed by atoms with Crippen LogP contribution in [0.5, 0.6) is 5.75 Å². The molecule has 2 aliphatic rings. The van der Waals surface area contributed by atoms with Crippen molar-refractivity contribution in [2.24, 2.45) is 0 Å². The number of hydrogen-bond acceptors (Lipinski definition) is 5. The van der Waals surface area contributed by atoms with Gasteiger partial charge in [-0.2, -0.15) is 0 Å². The number of nitrogens with zero attached hydrogens (tertiary/aromatic N) is 2. The predicted molar refractivity (Wildman–Crippen MR) is 71.8 cm³/mol. The Kier molecular flexibility index (Phi) is 3.92. The summed E-state index contributed by atoms with van der Waals surface area (Å²) in [5.41, 5.74) is 4.11. The van der Waals surface area contributed by atoms with Crippen LogP contribution in [0.25, 0.3) is 0 Å². The maximum atomic E-state index is 12.1. The molecule has 5 nitrogen and oxygen atoms in total. The summed E-state index contributed by atoms with van der Waals surface area (Å²) in [6.45, 7) is 4.42. The van der Waals surface area contributed by atoms with Gasteiger partial charge in [0.05, 0.1) is 12.4 Å². The Morgan fingerprint density at radius 1 is 1.14 bits per heavy atom. The van der Waals surface area contributed by atoms with Crippen molar-refractivity contribution < 1.29 is 17.9 Å². The van der Waals surface area contributed by atoms with E-state index < -0.39 is 6.36 Å². The quantitative estimate of drug-likeness (QED) is 0.857. The summed E-state index contributed by atoms with van der Waals surface area (Å²) in [7, 11) is 0. The van der Waals surface area contributed by atoms with E-state index >= 15 is 0 Å². The molecule has 0 radical (unpaired) electrons. The van der Waals surface area contributed by atoms with Gasteiger partial charge in [0, 0.05) is 32.2 Å². The summed E-state index contributed by atoms with van der Waals surface area (Å²) < 4.78 is 40.2. The van der Waals surface area contributed by atoms with Crippen LogP contribution in [0.2, 0.25) is 0 Å². The number of hydrogen-bond donors (Lipinski definition) is 2. The van der Waals surface area contributed by atoms with Gasteiger partial charge in [-0.15, -0.1) is 13.2 Å². The number of nitrogens with one attached hydrogen (secondary N) is 2. The van der Waals surface area contributed by atoms with Crippen LogP contribution in [0, 0.1) is 0 Å². The van der Waals surface area contributed by atoms with E-state index in [1.807, 2.05) is 5.01 Å². The zero-order valence-electron chi connectivity index (χ0n) is 11.4. The number of ether oxygens (including phenoxy) is 1. The van der Waals surface area contributed by atoms with Crippen LogP contribution in [-0.2, 0) is 0 Å². The highest BCUT2D eigenvalue weighted by Crippen LogP contribution is 2.25. The average Bonchev–Trinajstić information content (AvgIpc) is 2.46. The third-order valence-electron chi connectivity index (χ3n) is 3.69. The molecule has 2 saturated heterocycles. The highest BCUT2D eigenvalue weighted by Gasteiger charge is 2.31. The second-order valence-electron chi connectivity index (χ2n) is 5.14. The Morgan fingerprint density at radius 3 is 2.62 bits per heavy atom. The summed E-state index contributed by atoms with van der Waals surface area (Å²) in [5, 5.41) is 5.29. The van der Waals surface area contributed by atoms with E-state index in [-0.39, 0.29) is 5.75 Å². The summed E-state index contributed by atoms with van der Waals surface area (Å²) >= 11 is 0. The second-order valence-corrected chi connectivity index (χ2v) is 5.14. The fraction of sp³-hybridized carbons (Fsp3) is 0.538. The molecule has 0 unspecified atom stereocenters. The molecular weight excluding hydrogens is 285 g/mol. The third kappa shape index (κ3) is 3.58. The van der Waals surface area contributed by atoms with Crippen LogP contribution >= 0.6 is 0 Å². The number of hydrazine groups is 1. The summed E-state index contributed by atoms with van der Waals surface area (Å²) in [6, 6.07) is 6.36. The molecule has 1 aromatic carbocycles. The van der Waals surface area contributed by atoms with Crippen LogP contribution in [0.1, 0.15) is 0 Å². The van der Waals surface area contributed by atoms with Gasteiger partial charge in [0.1, 0.15) is 5.75 Å². The van der Waals surface area contributed by atoms with Crippen molar-refractivity contribution >= 4 is 5.69 Å². The monoisotopic (exact) mass is 302 g/mol. The maximum Gasteiger partial charge on any atom is 0.573 e. The van der Waals surface area contributed by atoms with Crippen LogP contribution in [0.4, 0.5) is 18.9 Å². The molecular formula is C13H17F3N4O. The average molecular weight is 302 g/mol. The zero-order chi connectivity index (χ0) is 14.9. The molecule has 2 heterocycles. The predicted octanol–water partition coefficient (Wildman–Crippen LogP) is 1.14. The van der Waals surface area contributed by atoms with Gasteiger partial charge >= 0.3 is 6.36 Å². The van der Waals surface area contributed by atoms with Crippen LogP contribution in [0.15, 0.2) is 24.3 Å². The van der Waals surface area contributed by atoms with Gasteiger partial charge in [-0.1, -0.05) is 0 Å². The Labute approximate surface area is 120 Å². The molecule has 0 bridgehead atoms. The van der Waals surface area contributed by atoms with Crippen LogP contribution < -0.4 is 20.5 Å². The molecule has 1 aromatic rings. The van der Waals surface area contributed by atoms with Gasteiger partial charge in [-0.05, 0) is 24.3 Å². The van der Waals surface area contributed by atoms with Crippen molar-refractivity contribution in [2.45, 2.75) is 12.4 Å². The van der Waals surface area contributed by atoms with Crippen molar-refractivity contribution in [1.29, 1.82) is 0 Å². The Bertz CT molecular complexity index is 479. The summed E-state index contributed by atoms with van der Waals surface area (Å²) in [6.07, 6.45) is -4.65. The van der Waals surface area contributed by atoms with Crippen molar-refractivity contribution in [3.05, 3.63) is 24.3 Å². The number of halogens is 3. The minimum atomic E-state index is -4.65. The largest absolute Gasteiger partial charge is 0.573 e. The van der Waals surface area contributed by atoms with Crippen LogP contribution in [-0.4, -0.2) is 50.2 Å². The first-order valence-corrected chi connectivity index (χ1v) is 6.83. The number of anilines is 1. The van der Waals surface area contributed by atoms with Gasteiger partial charge in [0.2, 0.25) is 0 Å². The fourth-order valence-electron chi connectivity index (χ4n) is 2.64. The minimum absolute atomic E-state index is 0.205. The van der Waals surface area contributed by atoms with Crippen molar-refractivity contribution in [1.82, 2.24) is 15.6 Å². The molecule has 1 atom stereocenters. The third-order valence-corrected chi connectivity index (χ3v) is 3.69. The first-order valence-electron chi connectivity index (χ1n) is 6.83. The highest BCUT2D eigenvalue weighted by molar-refractivity contribution is 5.48. The van der Waals surface area contributed by atoms with E-state index in [0.717, 1.165) is 31.9 Å². The summed E-state index contributed by atoms with van der Waals surface area (Å²) in [4.78, 5) is 2.35. The SMILES string of the molecule is FC(F)(F)Oc1ccc(N2CN3CCNC[C@H]3CN2)cc1. The molecule has 2 N–H and O–H groups in total. The first kappa shape index (κ1) is 14.4. The molecule has 8 heteroatoms.